The van der Waals surface area contributed by atoms with Crippen LogP contribution in [0.5, 0.6) is 0 Å². The molecule has 0 atom stereocenters. The zero-order valence-electron chi connectivity index (χ0n) is 15.8. The van der Waals surface area contributed by atoms with Gasteiger partial charge >= 0.3 is 5.97 Å². The van der Waals surface area contributed by atoms with Gasteiger partial charge < -0.3 is 14.5 Å². The van der Waals surface area contributed by atoms with Gasteiger partial charge in [-0.15, -0.1) is 0 Å². The molecule has 0 unspecified atom stereocenters. The average molecular weight is 370 g/mol. The van der Waals surface area contributed by atoms with Crippen molar-refractivity contribution in [2.75, 3.05) is 38.2 Å². The Labute approximate surface area is 159 Å². The lowest BCUT2D eigenvalue weighted by Crippen LogP contribution is -2.45. The summed E-state index contributed by atoms with van der Waals surface area (Å²) < 4.78 is 4.74. The zero-order valence-corrected chi connectivity index (χ0v) is 15.8. The van der Waals surface area contributed by atoms with Crippen molar-refractivity contribution < 1.29 is 14.3 Å². The fourth-order valence-electron chi connectivity index (χ4n) is 3.93. The molecule has 0 radical (unpaired) electrons. The molecule has 3 rings (SSSR count). The maximum atomic E-state index is 12.8. The molecule has 2 fully saturated rings. The topological polar surface area (TPSA) is 86.5 Å². The Bertz CT molecular complexity index is 697. The summed E-state index contributed by atoms with van der Waals surface area (Å²) in [5.74, 6) is 1.34. The van der Waals surface area contributed by atoms with Crippen LogP contribution >= 0.6 is 0 Å². The van der Waals surface area contributed by atoms with Crippen LogP contribution in [0.1, 0.15) is 37.7 Å². The van der Waals surface area contributed by atoms with Crippen molar-refractivity contribution in [1.29, 1.82) is 5.26 Å². The maximum Gasteiger partial charge on any atom is 0.305 e. The third-order valence-electron chi connectivity index (χ3n) is 5.65. The summed E-state index contributed by atoms with van der Waals surface area (Å²) >= 11 is 0. The van der Waals surface area contributed by atoms with Crippen LogP contribution in [0.3, 0.4) is 0 Å². The van der Waals surface area contributed by atoms with Crippen molar-refractivity contribution >= 4 is 17.7 Å². The number of hydrogen-bond donors (Lipinski definition) is 0. The summed E-state index contributed by atoms with van der Waals surface area (Å²) in [4.78, 5) is 32.7. The SMILES string of the molecule is COC(=O)CC1CCN(C(=O)C2CCN(c3ccc(C#N)cn3)CC2)CC1. The van der Waals surface area contributed by atoms with Crippen molar-refractivity contribution in [3.63, 3.8) is 0 Å². The minimum absolute atomic E-state index is 0.0665. The van der Waals surface area contributed by atoms with Crippen molar-refractivity contribution in [2.24, 2.45) is 11.8 Å². The number of nitrogens with zero attached hydrogens (tertiary/aromatic N) is 4. The molecule has 0 aliphatic carbocycles. The first-order chi connectivity index (χ1) is 13.1. The van der Waals surface area contributed by atoms with Gasteiger partial charge in [0.25, 0.3) is 0 Å². The van der Waals surface area contributed by atoms with Gasteiger partial charge in [0.2, 0.25) is 5.91 Å². The molecule has 0 N–H and O–H groups in total. The highest BCUT2D eigenvalue weighted by molar-refractivity contribution is 5.79. The lowest BCUT2D eigenvalue weighted by atomic mass is 9.90. The van der Waals surface area contributed by atoms with Gasteiger partial charge in [0.05, 0.1) is 12.7 Å². The summed E-state index contributed by atoms with van der Waals surface area (Å²) in [6.45, 7) is 3.07. The Morgan fingerprint density at radius 1 is 1.19 bits per heavy atom. The molecule has 1 aromatic rings. The second-order valence-corrected chi connectivity index (χ2v) is 7.33. The van der Waals surface area contributed by atoms with Crippen molar-refractivity contribution in [2.45, 2.75) is 32.1 Å². The van der Waals surface area contributed by atoms with Crippen LogP contribution in [0.15, 0.2) is 18.3 Å². The summed E-state index contributed by atoms with van der Waals surface area (Å²) in [5.41, 5.74) is 0.555. The number of methoxy groups -OCH3 is 1. The molecule has 144 valence electrons. The van der Waals surface area contributed by atoms with E-state index in [4.69, 9.17) is 10.00 Å². The summed E-state index contributed by atoms with van der Waals surface area (Å²) in [6, 6.07) is 5.72. The predicted octanol–water partition coefficient (Wildman–Crippen LogP) is 1.97. The molecule has 0 saturated carbocycles. The number of carbonyl (C=O) groups is 2. The highest BCUT2D eigenvalue weighted by atomic mass is 16.5. The molecule has 1 aromatic heterocycles. The number of esters is 1. The van der Waals surface area contributed by atoms with Gasteiger partial charge in [-0.3, -0.25) is 9.59 Å². The predicted molar refractivity (Wildman–Crippen MR) is 99.8 cm³/mol. The third-order valence-corrected chi connectivity index (χ3v) is 5.65. The van der Waals surface area contributed by atoms with Crippen molar-refractivity contribution in [3.05, 3.63) is 23.9 Å². The molecule has 1 amide bonds. The van der Waals surface area contributed by atoms with E-state index >= 15 is 0 Å². The Kier molecular flexibility index (Phi) is 6.28. The summed E-state index contributed by atoms with van der Waals surface area (Å²) in [6.07, 6.45) is 5.43. The standard InChI is InChI=1S/C20H26N4O3/c1-27-19(25)12-15-4-8-24(9-5-15)20(26)17-6-10-23(11-7-17)18-3-2-16(13-21)14-22-18/h2-3,14-15,17H,4-12H2,1H3. The molecule has 0 bridgehead atoms. The van der Waals surface area contributed by atoms with Gasteiger partial charge in [0.15, 0.2) is 0 Å². The van der Waals surface area contributed by atoms with E-state index in [-0.39, 0.29) is 17.8 Å². The lowest BCUT2D eigenvalue weighted by molar-refractivity contribution is -0.142. The molecule has 2 saturated heterocycles. The van der Waals surface area contributed by atoms with Crippen LogP contribution < -0.4 is 4.90 Å². The van der Waals surface area contributed by atoms with E-state index in [0.717, 1.165) is 57.7 Å². The molecule has 27 heavy (non-hydrogen) atoms. The minimum Gasteiger partial charge on any atom is -0.469 e. The molecule has 7 nitrogen and oxygen atoms in total. The van der Waals surface area contributed by atoms with Crippen LogP contribution in [0.2, 0.25) is 0 Å². The normalized spacial score (nSPS) is 18.8. The number of piperidine rings is 2. The number of carbonyl (C=O) groups excluding carboxylic acids is 2. The van der Waals surface area contributed by atoms with Crippen LogP contribution in [0.25, 0.3) is 0 Å². The molecule has 0 spiro atoms. The molecule has 3 heterocycles. The average Bonchev–Trinajstić information content (AvgIpc) is 2.74. The van der Waals surface area contributed by atoms with E-state index < -0.39 is 0 Å². The lowest BCUT2D eigenvalue weighted by Gasteiger charge is -2.37. The molecular weight excluding hydrogens is 344 g/mol. The van der Waals surface area contributed by atoms with Gasteiger partial charge in [0.1, 0.15) is 11.9 Å². The zero-order chi connectivity index (χ0) is 19.2. The van der Waals surface area contributed by atoms with E-state index in [2.05, 4.69) is 16.0 Å². The molecular formula is C20H26N4O3. The Morgan fingerprint density at radius 3 is 2.44 bits per heavy atom. The van der Waals surface area contributed by atoms with Gasteiger partial charge in [-0.05, 0) is 43.7 Å². The summed E-state index contributed by atoms with van der Waals surface area (Å²) in [7, 11) is 1.42. The number of nitriles is 1. The monoisotopic (exact) mass is 370 g/mol. The second kappa shape index (κ2) is 8.85. The first-order valence-corrected chi connectivity index (χ1v) is 9.57. The van der Waals surface area contributed by atoms with E-state index in [0.29, 0.717) is 17.9 Å². The van der Waals surface area contributed by atoms with Crippen molar-refractivity contribution in [3.8, 4) is 6.07 Å². The number of amides is 1. The van der Waals surface area contributed by atoms with Crippen LogP contribution in [0, 0.1) is 23.2 Å². The first kappa shape index (κ1) is 19.2. The maximum absolute atomic E-state index is 12.8. The summed E-state index contributed by atoms with van der Waals surface area (Å²) in [5, 5.41) is 8.86. The second-order valence-electron chi connectivity index (χ2n) is 7.33. The third kappa shape index (κ3) is 4.76. The smallest absolute Gasteiger partial charge is 0.305 e. The number of pyridine rings is 1. The van der Waals surface area contributed by atoms with Crippen LogP contribution in [-0.4, -0.2) is 55.0 Å². The fraction of sp³-hybridized carbons (Fsp3) is 0.600. The van der Waals surface area contributed by atoms with Gasteiger partial charge in [0, 0.05) is 44.7 Å². The number of ether oxygens (including phenoxy) is 1. The molecule has 7 heteroatoms. The van der Waals surface area contributed by atoms with E-state index in [1.165, 1.54) is 7.11 Å². The quantitative estimate of drug-likeness (QED) is 0.753. The van der Waals surface area contributed by atoms with Gasteiger partial charge in [-0.1, -0.05) is 0 Å². The molecule has 0 aromatic carbocycles. The largest absolute Gasteiger partial charge is 0.469 e. The number of rotatable bonds is 4. The highest BCUT2D eigenvalue weighted by Gasteiger charge is 2.31. The van der Waals surface area contributed by atoms with Crippen molar-refractivity contribution in [1.82, 2.24) is 9.88 Å². The molecule has 2 aliphatic heterocycles. The van der Waals surface area contributed by atoms with Crippen LogP contribution in [-0.2, 0) is 14.3 Å². The van der Waals surface area contributed by atoms with Gasteiger partial charge in [-0.25, -0.2) is 4.98 Å². The number of aromatic nitrogens is 1. The van der Waals surface area contributed by atoms with E-state index in [1.54, 1.807) is 12.3 Å². The Morgan fingerprint density at radius 2 is 1.89 bits per heavy atom. The minimum atomic E-state index is -0.163. The Balaban J connectivity index is 1.46. The first-order valence-electron chi connectivity index (χ1n) is 9.57. The fourth-order valence-corrected chi connectivity index (χ4v) is 3.93. The Hall–Kier alpha value is -2.62. The molecule has 2 aliphatic rings. The van der Waals surface area contributed by atoms with E-state index in [9.17, 15) is 9.59 Å². The number of anilines is 1. The van der Waals surface area contributed by atoms with E-state index in [1.807, 2.05) is 11.0 Å². The van der Waals surface area contributed by atoms with Crippen LogP contribution in [0.4, 0.5) is 5.82 Å². The number of likely N-dealkylation sites (tertiary alicyclic amines) is 1. The highest BCUT2D eigenvalue weighted by Crippen LogP contribution is 2.27. The number of hydrogen-bond acceptors (Lipinski definition) is 6. The van der Waals surface area contributed by atoms with Gasteiger partial charge in [-0.2, -0.15) is 5.26 Å².